The Labute approximate surface area is 167 Å². The number of rotatable bonds is 9. The van der Waals surface area contributed by atoms with Crippen molar-refractivity contribution in [1.82, 2.24) is 4.98 Å². The summed E-state index contributed by atoms with van der Waals surface area (Å²) in [5, 5.41) is 0. The molecule has 3 aromatic rings. The smallest absolute Gasteiger partial charge is 0.219 e. The molecule has 1 aromatic heterocycles. The van der Waals surface area contributed by atoms with E-state index in [-0.39, 0.29) is 5.92 Å². The summed E-state index contributed by atoms with van der Waals surface area (Å²) in [6.07, 6.45) is 8.51. The molecule has 3 heteroatoms. The van der Waals surface area contributed by atoms with Gasteiger partial charge in [-0.1, -0.05) is 42.3 Å². The minimum Gasteiger partial charge on any atom is -0.494 e. The number of para-hydroxylation sites is 1. The molecule has 1 atom stereocenters. The van der Waals surface area contributed by atoms with Gasteiger partial charge >= 0.3 is 0 Å². The van der Waals surface area contributed by atoms with E-state index >= 15 is 0 Å². The molecule has 1 heterocycles. The van der Waals surface area contributed by atoms with E-state index in [0.717, 1.165) is 42.0 Å². The summed E-state index contributed by atoms with van der Waals surface area (Å²) < 4.78 is 11.3. The van der Waals surface area contributed by atoms with Gasteiger partial charge in [-0.15, -0.1) is 6.42 Å². The van der Waals surface area contributed by atoms with Gasteiger partial charge in [-0.25, -0.2) is 4.98 Å². The van der Waals surface area contributed by atoms with Crippen LogP contribution in [-0.4, -0.2) is 11.6 Å². The Kier molecular flexibility index (Phi) is 7.09. The summed E-state index contributed by atoms with van der Waals surface area (Å²) in [5.41, 5.74) is 2.16. The molecule has 1 unspecified atom stereocenters. The van der Waals surface area contributed by atoms with Crippen molar-refractivity contribution in [3.05, 3.63) is 84.1 Å². The van der Waals surface area contributed by atoms with Crippen molar-refractivity contribution in [3.63, 3.8) is 0 Å². The summed E-state index contributed by atoms with van der Waals surface area (Å²) in [7, 11) is 0. The van der Waals surface area contributed by atoms with Gasteiger partial charge in [0.05, 0.1) is 6.61 Å². The maximum absolute atomic E-state index is 5.81. The molecule has 0 amide bonds. The second-order valence-corrected chi connectivity index (χ2v) is 6.50. The lowest BCUT2D eigenvalue weighted by Gasteiger charge is -2.12. The zero-order valence-electron chi connectivity index (χ0n) is 16.2. The first kappa shape index (κ1) is 19.5. The molecule has 0 bridgehead atoms. The molecule has 0 saturated heterocycles. The van der Waals surface area contributed by atoms with Crippen LogP contribution in [0.5, 0.6) is 17.4 Å². The average molecular weight is 371 g/mol. The highest BCUT2D eigenvalue weighted by Gasteiger charge is 2.09. The highest BCUT2D eigenvalue weighted by molar-refractivity contribution is 5.33. The third-order valence-electron chi connectivity index (χ3n) is 4.47. The minimum atomic E-state index is 0.0967. The van der Waals surface area contributed by atoms with Crippen LogP contribution in [0.3, 0.4) is 0 Å². The number of pyridine rings is 1. The van der Waals surface area contributed by atoms with Crippen molar-refractivity contribution in [2.24, 2.45) is 0 Å². The van der Waals surface area contributed by atoms with Crippen molar-refractivity contribution in [1.29, 1.82) is 0 Å². The number of ether oxygens (including phenoxy) is 2. The third-order valence-corrected chi connectivity index (χ3v) is 4.47. The molecule has 0 aliphatic rings. The van der Waals surface area contributed by atoms with E-state index in [0.29, 0.717) is 12.5 Å². The van der Waals surface area contributed by atoms with Gasteiger partial charge in [0.1, 0.15) is 11.5 Å². The Morgan fingerprint density at radius 2 is 1.71 bits per heavy atom. The molecule has 3 rings (SSSR count). The second kappa shape index (κ2) is 10.2. The molecule has 0 aliphatic heterocycles. The summed E-state index contributed by atoms with van der Waals surface area (Å²) in [4.78, 5) is 4.61. The first-order chi connectivity index (χ1) is 13.8. The number of terminal acetylenes is 1. The number of aromatic nitrogens is 1. The van der Waals surface area contributed by atoms with Gasteiger partial charge in [-0.3, -0.25) is 0 Å². The van der Waals surface area contributed by atoms with Gasteiger partial charge in [0.2, 0.25) is 5.88 Å². The highest BCUT2D eigenvalue weighted by atomic mass is 16.5. The van der Waals surface area contributed by atoms with E-state index in [4.69, 9.17) is 15.9 Å². The Hall–Kier alpha value is -3.25. The Morgan fingerprint density at radius 1 is 0.929 bits per heavy atom. The van der Waals surface area contributed by atoms with Crippen LogP contribution >= 0.6 is 0 Å². The first-order valence-corrected chi connectivity index (χ1v) is 9.66. The Bertz CT molecular complexity index is 898. The molecule has 0 aliphatic carbocycles. The van der Waals surface area contributed by atoms with Crippen molar-refractivity contribution < 1.29 is 9.47 Å². The molecule has 0 radical (unpaired) electrons. The van der Waals surface area contributed by atoms with Crippen LogP contribution < -0.4 is 9.47 Å². The molecular formula is C25H25NO2. The highest BCUT2D eigenvalue weighted by Crippen LogP contribution is 2.24. The number of hydrogen-bond acceptors (Lipinski definition) is 3. The zero-order valence-corrected chi connectivity index (χ0v) is 16.2. The van der Waals surface area contributed by atoms with Crippen LogP contribution in [0.4, 0.5) is 0 Å². The average Bonchev–Trinajstić information content (AvgIpc) is 2.73. The van der Waals surface area contributed by atoms with E-state index in [1.165, 1.54) is 0 Å². The van der Waals surface area contributed by atoms with Gasteiger partial charge in [0.15, 0.2) is 0 Å². The second-order valence-electron chi connectivity index (χ2n) is 6.50. The zero-order chi connectivity index (χ0) is 19.6. The lowest BCUT2D eigenvalue weighted by Crippen LogP contribution is -1.99. The summed E-state index contributed by atoms with van der Waals surface area (Å²) in [6, 6.07) is 23.6. The van der Waals surface area contributed by atoms with Crippen LogP contribution in [-0.2, 0) is 6.42 Å². The van der Waals surface area contributed by atoms with Gasteiger partial charge in [-0.05, 0) is 62.1 Å². The van der Waals surface area contributed by atoms with Crippen LogP contribution in [0.15, 0.2) is 72.8 Å². The van der Waals surface area contributed by atoms with E-state index in [1.807, 2.05) is 67.6 Å². The summed E-state index contributed by atoms with van der Waals surface area (Å²) >= 11 is 0. The van der Waals surface area contributed by atoms with Crippen LogP contribution in [0.25, 0.3) is 0 Å². The SMILES string of the molecule is C#CC(CCCc1cccc(Oc2ccccc2)n1)c1ccc(OCC)cc1. The third kappa shape index (κ3) is 5.62. The fourth-order valence-electron chi connectivity index (χ4n) is 3.06. The molecule has 3 nitrogen and oxygen atoms in total. The van der Waals surface area contributed by atoms with Crippen LogP contribution in [0.2, 0.25) is 0 Å². The van der Waals surface area contributed by atoms with Gasteiger partial charge in [-0.2, -0.15) is 0 Å². The van der Waals surface area contributed by atoms with Crippen molar-refractivity contribution >= 4 is 0 Å². The Balaban J connectivity index is 1.55. The van der Waals surface area contributed by atoms with Crippen molar-refractivity contribution in [3.8, 4) is 29.7 Å². The van der Waals surface area contributed by atoms with E-state index in [2.05, 4.69) is 23.0 Å². The van der Waals surface area contributed by atoms with Crippen LogP contribution in [0, 0.1) is 12.3 Å². The molecule has 0 N–H and O–H groups in total. The normalized spacial score (nSPS) is 11.4. The van der Waals surface area contributed by atoms with Crippen LogP contribution in [0.1, 0.15) is 36.9 Å². The van der Waals surface area contributed by atoms with Gasteiger partial charge in [0, 0.05) is 17.7 Å². The first-order valence-electron chi connectivity index (χ1n) is 9.66. The molecule has 2 aromatic carbocycles. The standard InChI is InChI=1S/C25H25NO2/c1-3-20(21-16-18-23(19-17-21)27-4-2)10-8-11-22-12-9-15-25(26-22)28-24-13-6-5-7-14-24/h1,5-7,9,12-20H,4,8,10-11H2,2H3. The fourth-order valence-corrected chi connectivity index (χ4v) is 3.06. The predicted molar refractivity (Wildman–Crippen MR) is 113 cm³/mol. The maximum atomic E-state index is 5.81. The van der Waals surface area contributed by atoms with Crippen molar-refractivity contribution in [2.75, 3.05) is 6.61 Å². The maximum Gasteiger partial charge on any atom is 0.219 e. The van der Waals surface area contributed by atoms with E-state index in [9.17, 15) is 0 Å². The lowest BCUT2D eigenvalue weighted by molar-refractivity contribution is 0.340. The Morgan fingerprint density at radius 3 is 2.43 bits per heavy atom. The number of benzene rings is 2. The van der Waals surface area contributed by atoms with Crippen molar-refractivity contribution in [2.45, 2.75) is 32.1 Å². The quantitative estimate of drug-likeness (QED) is 0.432. The molecule has 142 valence electrons. The van der Waals surface area contributed by atoms with E-state index < -0.39 is 0 Å². The topological polar surface area (TPSA) is 31.4 Å². The molecule has 28 heavy (non-hydrogen) atoms. The van der Waals surface area contributed by atoms with E-state index in [1.54, 1.807) is 0 Å². The fraction of sp³-hybridized carbons (Fsp3) is 0.240. The van der Waals surface area contributed by atoms with Gasteiger partial charge in [0.25, 0.3) is 0 Å². The number of hydrogen-bond donors (Lipinski definition) is 0. The predicted octanol–water partition coefficient (Wildman–Crippen LogP) is 6.01. The number of nitrogens with zero attached hydrogens (tertiary/aromatic N) is 1. The monoisotopic (exact) mass is 371 g/mol. The molecule has 0 fully saturated rings. The molecular weight excluding hydrogens is 346 g/mol. The summed E-state index contributed by atoms with van der Waals surface area (Å²) in [6.45, 7) is 2.64. The molecule has 0 spiro atoms. The number of aryl methyl sites for hydroxylation is 1. The minimum absolute atomic E-state index is 0.0967. The largest absolute Gasteiger partial charge is 0.494 e. The molecule has 0 saturated carbocycles. The summed E-state index contributed by atoms with van der Waals surface area (Å²) in [5.74, 6) is 5.29. The van der Waals surface area contributed by atoms with Gasteiger partial charge < -0.3 is 9.47 Å². The lowest BCUT2D eigenvalue weighted by atomic mass is 9.94.